The third-order valence-electron chi connectivity index (χ3n) is 6.21. The smallest absolute Gasteiger partial charge is 0.251 e. The highest BCUT2D eigenvalue weighted by Gasteiger charge is 2.23. The molecule has 3 aromatic rings. The molecular formula is C25H26FN5O. The molecule has 1 aromatic heterocycles. The Labute approximate surface area is 186 Å². The lowest BCUT2D eigenvalue weighted by Crippen LogP contribution is -2.47. The number of fused-ring (bicyclic) bond motifs is 1. The van der Waals surface area contributed by atoms with Crippen molar-refractivity contribution in [3.8, 4) is 0 Å². The van der Waals surface area contributed by atoms with Crippen LogP contribution in [-0.4, -0.2) is 52.9 Å². The molecule has 2 aliphatic heterocycles. The Kier molecular flexibility index (Phi) is 5.81. The summed E-state index contributed by atoms with van der Waals surface area (Å²) in [7, 11) is 0. The lowest BCUT2D eigenvalue weighted by molar-refractivity contribution is 0.0900. The van der Waals surface area contributed by atoms with Crippen molar-refractivity contribution in [3.05, 3.63) is 71.2 Å². The molecule has 6 nitrogen and oxygen atoms in total. The van der Waals surface area contributed by atoms with Crippen LogP contribution in [0, 0.1) is 5.82 Å². The highest BCUT2D eigenvalue weighted by molar-refractivity contribution is 6.01. The van der Waals surface area contributed by atoms with Crippen molar-refractivity contribution >= 4 is 28.6 Å². The number of piperidine rings is 1. The predicted molar refractivity (Wildman–Crippen MR) is 124 cm³/mol. The number of nitrogens with one attached hydrogen (secondary N) is 2. The fraction of sp³-hybridized carbons (Fsp3) is 0.320. The summed E-state index contributed by atoms with van der Waals surface area (Å²) in [6, 6.07) is 12.6. The molecule has 1 saturated heterocycles. The molecule has 7 heteroatoms. The van der Waals surface area contributed by atoms with Crippen LogP contribution in [0.2, 0.25) is 0 Å². The van der Waals surface area contributed by atoms with E-state index in [4.69, 9.17) is 0 Å². The highest BCUT2D eigenvalue weighted by Crippen LogP contribution is 2.27. The number of carbonyl (C=O) groups is 1. The number of allylic oxidation sites excluding steroid dienone is 1. The van der Waals surface area contributed by atoms with E-state index >= 15 is 0 Å². The van der Waals surface area contributed by atoms with Crippen LogP contribution in [0.15, 0.2) is 53.5 Å². The second kappa shape index (κ2) is 9.04. The van der Waals surface area contributed by atoms with Gasteiger partial charge in [-0.05, 0) is 61.7 Å². The summed E-state index contributed by atoms with van der Waals surface area (Å²) in [6.07, 6.45) is 6.53. The molecule has 2 aromatic carbocycles. The van der Waals surface area contributed by atoms with Crippen molar-refractivity contribution < 1.29 is 9.18 Å². The minimum Gasteiger partial charge on any atom is -0.348 e. The number of aromatic nitrogens is 2. The molecule has 0 aliphatic carbocycles. The Morgan fingerprint density at radius 2 is 2.16 bits per heavy atom. The number of hydrogen-bond acceptors (Lipinski definition) is 4. The molecule has 1 atom stereocenters. The molecular weight excluding hydrogens is 405 g/mol. The third-order valence-corrected chi connectivity index (χ3v) is 6.21. The van der Waals surface area contributed by atoms with Gasteiger partial charge in [-0.3, -0.25) is 19.8 Å². The summed E-state index contributed by atoms with van der Waals surface area (Å²) in [5.74, 6) is -0.266. The van der Waals surface area contributed by atoms with Gasteiger partial charge in [-0.15, -0.1) is 0 Å². The van der Waals surface area contributed by atoms with Gasteiger partial charge in [-0.2, -0.15) is 5.10 Å². The monoisotopic (exact) mass is 431 g/mol. The van der Waals surface area contributed by atoms with Gasteiger partial charge in [0.2, 0.25) is 0 Å². The molecule has 0 unspecified atom stereocenters. The number of aliphatic imine (C=N–C) groups is 1. The molecule has 1 fully saturated rings. The van der Waals surface area contributed by atoms with Gasteiger partial charge in [0.25, 0.3) is 5.91 Å². The highest BCUT2D eigenvalue weighted by atomic mass is 19.1. The van der Waals surface area contributed by atoms with Crippen LogP contribution < -0.4 is 5.32 Å². The van der Waals surface area contributed by atoms with Crippen LogP contribution in [0.1, 0.15) is 40.9 Å². The van der Waals surface area contributed by atoms with Gasteiger partial charge in [-0.25, -0.2) is 4.39 Å². The second-order valence-electron chi connectivity index (χ2n) is 8.47. The van der Waals surface area contributed by atoms with Gasteiger partial charge >= 0.3 is 0 Å². The van der Waals surface area contributed by atoms with E-state index in [0.717, 1.165) is 54.5 Å². The molecule has 0 bridgehead atoms. The van der Waals surface area contributed by atoms with Crippen LogP contribution in [0.4, 0.5) is 4.39 Å². The van der Waals surface area contributed by atoms with Crippen LogP contribution in [-0.2, 0) is 6.54 Å². The van der Waals surface area contributed by atoms with E-state index in [0.29, 0.717) is 24.2 Å². The minimum atomic E-state index is -0.178. The zero-order chi connectivity index (χ0) is 21.9. The number of benzene rings is 2. The Balaban J connectivity index is 1.28. The summed E-state index contributed by atoms with van der Waals surface area (Å²) in [6.45, 7) is 2.93. The zero-order valence-electron chi connectivity index (χ0n) is 17.9. The maximum absolute atomic E-state index is 14.0. The molecule has 0 radical (unpaired) electrons. The van der Waals surface area contributed by atoms with Crippen LogP contribution in [0.5, 0.6) is 0 Å². The molecule has 2 N–H and O–H groups in total. The topological polar surface area (TPSA) is 73.4 Å². The summed E-state index contributed by atoms with van der Waals surface area (Å²) >= 11 is 0. The molecule has 5 rings (SSSR count). The van der Waals surface area contributed by atoms with Gasteiger partial charge in [-0.1, -0.05) is 18.2 Å². The SMILES string of the molecule is O=C(N[C@H]1CCCN(Cc2ccccc2F)C1)c1ccc2[nH]nc(C3=CC=NCC3)c2c1. The van der Waals surface area contributed by atoms with Crippen molar-refractivity contribution in [2.45, 2.75) is 31.8 Å². The standard InChI is InChI=1S/C25H26FN5O/c26-22-6-2-1-4-19(22)15-31-13-3-5-20(16-31)28-25(32)18-7-8-23-21(14-18)24(30-29-23)17-9-11-27-12-10-17/h1-2,4,6-9,11,14,20H,3,5,10,12-13,15-16H2,(H,28,32)(H,29,30)/t20-/m0/s1. The first-order valence-electron chi connectivity index (χ1n) is 11.1. The Hall–Kier alpha value is -3.32. The third kappa shape index (κ3) is 4.34. The lowest BCUT2D eigenvalue weighted by atomic mass is 10.0. The number of rotatable bonds is 5. The second-order valence-corrected chi connectivity index (χ2v) is 8.47. The summed E-state index contributed by atoms with van der Waals surface area (Å²) in [4.78, 5) is 19.5. The fourth-order valence-corrected chi connectivity index (χ4v) is 4.54. The number of halogens is 1. The average molecular weight is 432 g/mol. The first-order valence-corrected chi connectivity index (χ1v) is 11.1. The maximum atomic E-state index is 14.0. The van der Waals surface area contributed by atoms with E-state index in [1.165, 1.54) is 6.07 Å². The van der Waals surface area contributed by atoms with Gasteiger partial charge in [0.15, 0.2) is 0 Å². The first kappa shape index (κ1) is 20.6. The molecule has 3 heterocycles. The first-order chi connectivity index (χ1) is 15.7. The quantitative estimate of drug-likeness (QED) is 0.642. The number of dihydropyridines is 1. The van der Waals surface area contributed by atoms with Gasteiger partial charge in [0.1, 0.15) is 5.82 Å². The maximum Gasteiger partial charge on any atom is 0.251 e. The summed E-state index contributed by atoms with van der Waals surface area (Å²) < 4.78 is 14.0. The predicted octanol–water partition coefficient (Wildman–Crippen LogP) is 3.95. The Morgan fingerprint density at radius 3 is 3.00 bits per heavy atom. The number of H-pyrrole nitrogens is 1. The molecule has 1 amide bonds. The van der Waals surface area contributed by atoms with E-state index in [2.05, 4.69) is 25.4 Å². The van der Waals surface area contributed by atoms with Gasteiger partial charge < -0.3 is 5.32 Å². The van der Waals surface area contributed by atoms with Crippen molar-refractivity contribution in [2.24, 2.45) is 4.99 Å². The number of carbonyl (C=O) groups excluding carboxylic acids is 1. The zero-order valence-corrected chi connectivity index (χ0v) is 17.9. The van der Waals surface area contributed by atoms with E-state index in [1.54, 1.807) is 6.07 Å². The minimum absolute atomic E-state index is 0.0415. The number of hydrogen-bond donors (Lipinski definition) is 2. The van der Waals surface area contributed by atoms with E-state index in [9.17, 15) is 9.18 Å². The lowest BCUT2D eigenvalue weighted by Gasteiger charge is -2.33. The van der Waals surface area contributed by atoms with E-state index in [-0.39, 0.29) is 17.8 Å². The summed E-state index contributed by atoms with van der Waals surface area (Å²) in [5, 5.41) is 11.7. The number of amides is 1. The molecule has 164 valence electrons. The Morgan fingerprint density at radius 1 is 1.25 bits per heavy atom. The van der Waals surface area contributed by atoms with E-state index < -0.39 is 0 Å². The van der Waals surface area contributed by atoms with Crippen LogP contribution in [0.3, 0.4) is 0 Å². The van der Waals surface area contributed by atoms with Crippen molar-refractivity contribution in [1.82, 2.24) is 20.4 Å². The van der Waals surface area contributed by atoms with E-state index in [1.807, 2.05) is 42.6 Å². The average Bonchev–Trinajstić information content (AvgIpc) is 3.25. The normalized spacial score (nSPS) is 19.2. The summed E-state index contributed by atoms with van der Waals surface area (Å²) in [5.41, 5.74) is 4.24. The van der Waals surface area contributed by atoms with Gasteiger partial charge in [0, 0.05) is 48.4 Å². The van der Waals surface area contributed by atoms with Gasteiger partial charge in [0.05, 0.1) is 11.2 Å². The van der Waals surface area contributed by atoms with Crippen molar-refractivity contribution in [2.75, 3.05) is 19.6 Å². The number of aromatic amines is 1. The van der Waals surface area contributed by atoms with Crippen molar-refractivity contribution in [3.63, 3.8) is 0 Å². The molecule has 32 heavy (non-hydrogen) atoms. The van der Waals surface area contributed by atoms with Crippen molar-refractivity contribution in [1.29, 1.82) is 0 Å². The largest absolute Gasteiger partial charge is 0.348 e. The molecule has 0 spiro atoms. The molecule has 2 aliphatic rings. The Bertz CT molecular complexity index is 1200. The van der Waals surface area contributed by atoms with Crippen LogP contribution in [0.25, 0.3) is 16.5 Å². The fourth-order valence-electron chi connectivity index (χ4n) is 4.54. The molecule has 0 saturated carbocycles. The van der Waals surface area contributed by atoms with Crippen LogP contribution >= 0.6 is 0 Å². The number of likely N-dealkylation sites (tertiary alicyclic amines) is 1. The number of nitrogens with zero attached hydrogens (tertiary/aromatic N) is 3.